The van der Waals surface area contributed by atoms with Crippen molar-refractivity contribution in [3.63, 3.8) is 0 Å². The van der Waals surface area contributed by atoms with Gasteiger partial charge in [-0.25, -0.2) is 0 Å². The number of benzene rings is 3. The van der Waals surface area contributed by atoms with Gasteiger partial charge in [0.15, 0.2) is 6.73 Å². The number of fused-ring (bicyclic) bond motifs is 3. The molecule has 21 heavy (non-hydrogen) atoms. The maximum Gasteiger partial charge on any atom is 0.161 e. The highest BCUT2D eigenvalue weighted by Crippen LogP contribution is 2.33. The standard InChI is InChI=1S/C18H14INO/c19-14-6-8-15(9-7-14)20-11-17-16-4-2-1-3-13(16)5-10-18(17)21-12-20/h1-10H,11-12H2. The van der Waals surface area contributed by atoms with Gasteiger partial charge in [0.2, 0.25) is 0 Å². The van der Waals surface area contributed by atoms with Gasteiger partial charge in [0.05, 0.1) is 6.54 Å². The van der Waals surface area contributed by atoms with Gasteiger partial charge in [-0.05, 0) is 63.7 Å². The molecule has 0 saturated carbocycles. The van der Waals surface area contributed by atoms with Gasteiger partial charge in [-0.2, -0.15) is 0 Å². The van der Waals surface area contributed by atoms with Crippen LogP contribution in [0.4, 0.5) is 5.69 Å². The Hall–Kier alpha value is -1.75. The van der Waals surface area contributed by atoms with Crippen molar-refractivity contribution in [1.82, 2.24) is 0 Å². The van der Waals surface area contributed by atoms with E-state index < -0.39 is 0 Å². The molecule has 0 saturated heterocycles. The first-order chi connectivity index (χ1) is 10.3. The topological polar surface area (TPSA) is 12.5 Å². The quantitative estimate of drug-likeness (QED) is 0.557. The Labute approximate surface area is 137 Å². The lowest BCUT2D eigenvalue weighted by Crippen LogP contribution is -2.31. The number of anilines is 1. The van der Waals surface area contributed by atoms with E-state index in [1.165, 1.54) is 25.6 Å². The summed E-state index contributed by atoms with van der Waals surface area (Å²) in [5.41, 5.74) is 2.48. The molecule has 1 aliphatic rings. The summed E-state index contributed by atoms with van der Waals surface area (Å²) in [4.78, 5) is 2.27. The predicted molar refractivity (Wildman–Crippen MR) is 94.8 cm³/mol. The molecule has 104 valence electrons. The molecule has 3 aromatic carbocycles. The third-order valence-corrected chi connectivity index (χ3v) is 4.63. The first-order valence-electron chi connectivity index (χ1n) is 6.95. The second-order valence-electron chi connectivity index (χ2n) is 5.21. The number of nitrogens with zero attached hydrogens (tertiary/aromatic N) is 1. The van der Waals surface area contributed by atoms with E-state index in [-0.39, 0.29) is 0 Å². The smallest absolute Gasteiger partial charge is 0.161 e. The third-order valence-electron chi connectivity index (χ3n) is 3.91. The fourth-order valence-corrected chi connectivity index (χ4v) is 3.18. The summed E-state index contributed by atoms with van der Waals surface area (Å²) in [5.74, 6) is 1.01. The van der Waals surface area contributed by atoms with Crippen molar-refractivity contribution < 1.29 is 4.74 Å². The summed E-state index contributed by atoms with van der Waals surface area (Å²) in [6.45, 7) is 1.49. The van der Waals surface area contributed by atoms with Crippen LogP contribution in [0.1, 0.15) is 5.56 Å². The van der Waals surface area contributed by atoms with Crippen LogP contribution in [0.5, 0.6) is 5.75 Å². The molecule has 0 unspecified atom stereocenters. The molecule has 4 rings (SSSR count). The molecule has 2 nitrogen and oxygen atoms in total. The van der Waals surface area contributed by atoms with Crippen LogP contribution in [0.3, 0.4) is 0 Å². The molecule has 0 atom stereocenters. The first kappa shape index (κ1) is 13.0. The summed E-state index contributed by atoms with van der Waals surface area (Å²) in [5, 5.41) is 2.55. The van der Waals surface area contributed by atoms with E-state index in [1.54, 1.807) is 0 Å². The summed E-state index contributed by atoms with van der Waals surface area (Å²) in [6, 6.07) is 21.3. The van der Waals surface area contributed by atoms with Crippen molar-refractivity contribution in [2.75, 3.05) is 11.6 Å². The Morgan fingerprint density at radius 1 is 0.905 bits per heavy atom. The zero-order chi connectivity index (χ0) is 14.2. The van der Waals surface area contributed by atoms with Crippen molar-refractivity contribution in [2.24, 2.45) is 0 Å². The Bertz CT molecular complexity index is 798. The van der Waals surface area contributed by atoms with E-state index >= 15 is 0 Å². The molecule has 3 heteroatoms. The van der Waals surface area contributed by atoms with Crippen molar-refractivity contribution in [2.45, 2.75) is 6.54 Å². The molecule has 0 fully saturated rings. The molecule has 0 aliphatic carbocycles. The van der Waals surface area contributed by atoms with Gasteiger partial charge < -0.3 is 9.64 Å². The molecule has 1 aliphatic heterocycles. The van der Waals surface area contributed by atoms with Gasteiger partial charge in [-0.1, -0.05) is 30.3 Å². The van der Waals surface area contributed by atoms with E-state index in [4.69, 9.17) is 4.74 Å². The predicted octanol–water partition coefficient (Wildman–Crippen LogP) is 4.80. The van der Waals surface area contributed by atoms with Gasteiger partial charge in [0, 0.05) is 14.8 Å². The largest absolute Gasteiger partial charge is 0.473 e. The zero-order valence-electron chi connectivity index (χ0n) is 11.4. The van der Waals surface area contributed by atoms with Crippen molar-refractivity contribution in [1.29, 1.82) is 0 Å². The molecule has 1 heterocycles. The van der Waals surface area contributed by atoms with Crippen molar-refractivity contribution in [3.05, 3.63) is 69.8 Å². The van der Waals surface area contributed by atoms with Gasteiger partial charge in [-0.15, -0.1) is 0 Å². The monoisotopic (exact) mass is 387 g/mol. The van der Waals surface area contributed by atoms with Crippen LogP contribution < -0.4 is 9.64 Å². The molecule has 0 bridgehead atoms. The highest BCUT2D eigenvalue weighted by molar-refractivity contribution is 14.1. The average molecular weight is 387 g/mol. The van der Waals surface area contributed by atoms with Crippen LogP contribution in [-0.4, -0.2) is 6.73 Å². The van der Waals surface area contributed by atoms with E-state index in [1.807, 2.05) is 0 Å². The number of ether oxygens (including phenoxy) is 1. The van der Waals surface area contributed by atoms with Crippen molar-refractivity contribution >= 4 is 39.1 Å². The number of hydrogen-bond acceptors (Lipinski definition) is 2. The van der Waals surface area contributed by atoms with Gasteiger partial charge in [0.1, 0.15) is 5.75 Å². The Morgan fingerprint density at radius 2 is 1.71 bits per heavy atom. The molecule has 0 spiro atoms. The van der Waals surface area contributed by atoms with Crippen LogP contribution in [0.2, 0.25) is 0 Å². The molecule has 0 N–H and O–H groups in total. The normalized spacial score (nSPS) is 13.9. The van der Waals surface area contributed by atoms with Crippen LogP contribution in [0, 0.1) is 3.57 Å². The lowest BCUT2D eigenvalue weighted by atomic mass is 10.0. The SMILES string of the molecule is Ic1ccc(N2COc3ccc4ccccc4c3C2)cc1. The zero-order valence-corrected chi connectivity index (χ0v) is 13.6. The molecule has 0 aromatic heterocycles. The van der Waals surface area contributed by atoms with E-state index in [0.717, 1.165) is 12.3 Å². The van der Waals surface area contributed by atoms with Gasteiger partial charge in [0.25, 0.3) is 0 Å². The molecule has 3 aromatic rings. The van der Waals surface area contributed by atoms with Crippen molar-refractivity contribution in [3.8, 4) is 5.75 Å². The average Bonchev–Trinajstić information content (AvgIpc) is 2.55. The minimum absolute atomic E-state index is 0.603. The fraction of sp³-hybridized carbons (Fsp3) is 0.111. The van der Waals surface area contributed by atoms with Crippen LogP contribution in [0.15, 0.2) is 60.7 Å². The van der Waals surface area contributed by atoms with E-state index in [9.17, 15) is 0 Å². The summed E-state index contributed by atoms with van der Waals surface area (Å²) >= 11 is 2.33. The summed E-state index contributed by atoms with van der Waals surface area (Å²) in [6.07, 6.45) is 0. The lowest BCUT2D eigenvalue weighted by Gasteiger charge is -2.31. The van der Waals surface area contributed by atoms with Gasteiger partial charge in [-0.3, -0.25) is 0 Å². The van der Waals surface area contributed by atoms with Crippen LogP contribution in [0.25, 0.3) is 10.8 Å². The minimum Gasteiger partial charge on any atom is -0.473 e. The molecular weight excluding hydrogens is 373 g/mol. The first-order valence-corrected chi connectivity index (χ1v) is 8.03. The second-order valence-corrected chi connectivity index (χ2v) is 6.46. The summed E-state index contributed by atoms with van der Waals surface area (Å²) in [7, 11) is 0. The van der Waals surface area contributed by atoms with E-state index in [0.29, 0.717) is 6.73 Å². The van der Waals surface area contributed by atoms with E-state index in [2.05, 4.69) is 88.2 Å². The highest BCUT2D eigenvalue weighted by Gasteiger charge is 2.19. The van der Waals surface area contributed by atoms with Crippen LogP contribution >= 0.6 is 22.6 Å². The third kappa shape index (κ3) is 2.35. The number of halogens is 1. The summed E-state index contributed by atoms with van der Waals surface area (Å²) < 4.78 is 7.20. The Kier molecular flexibility index (Phi) is 3.22. The Balaban J connectivity index is 1.76. The number of hydrogen-bond donors (Lipinski definition) is 0. The highest BCUT2D eigenvalue weighted by atomic mass is 127. The molecular formula is C18H14INO. The molecule has 0 amide bonds. The molecule has 0 radical (unpaired) electrons. The lowest BCUT2D eigenvalue weighted by molar-refractivity contribution is 0.290. The Morgan fingerprint density at radius 3 is 2.57 bits per heavy atom. The fourth-order valence-electron chi connectivity index (χ4n) is 2.82. The maximum absolute atomic E-state index is 5.95. The van der Waals surface area contributed by atoms with Gasteiger partial charge >= 0.3 is 0 Å². The second kappa shape index (κ2) is 5.22. The maximum atomic E-state index is 5.95. The van der Waals surface area contributed by atoms with Crippen LogP contribution in [-0.2, 0) is 6.54 Å². The minimum atomic E-state index is 0.603. The number of rotatable bonds is 1.